The van der Waals surface area contributed by atoms with Crippen LogP contribution in [-0.2, 0) is 0 Å². The average molecular weight is 201 g/mol. The van der Waals surface area contributed by atoms with E-state index in [0.717, 1.165) is 24.3 Å². The highest BCUT2D eigenvalue weighted by Crippen LogP contribution is 2.25. The largest absolute Gasteiger partial charge is 0.0996 e. The minimum atomic E-state index is 0.456. The van der Waals surface area contributed by atoms with Crippen molar-refractivity contribution < 1.29 is 0 Å². The number of halogens is 1. The van der Waals surface area contributed by atoms with Crippen molar-refractivity contribution in [1.29, 1.82) is 0 Å². The number of rotatable bonds is 6. The highest BCUT2D eigenvalue weighted by atomic mass is 35.5. The molecule has 0 saturated heterocycles. The molecule has 1 unspecified atom stereocenters. The van der Waals surface area contributed by atoms with Crippen LogP contribution in [0.3, 0.4) is 0 Å². The van der Waals surface area contributed by atoms with Crippen LogP contribution in [0.2, 0.25) is 0 Å². The van der Waals surface area contributed by atoms with Gasteiger partial charge in [-0.3, -0.25) is 0 Å². The van der Waals surface area contributed by atoms with Crippen LogP contribution in [0.5, 0.6) is 0 Å². The van der Waals surface area contributed by atoms with Crippen LogP contribution >= 0.6 is 11.6 Å². The Morgan fingerprint density at radius 2 is 1.85 bits per heavy atom. The molecule has 0 radical (unpaired) electrons. The van der Waals surface area contributed by atoms with E-state index in [-0.39, 0.29) is 0 Å². The SMILES string of the molecule is C=C(CCC(CC)C(=C)Cl)C(C)C. The zero-order valence-corrected chi connectivity index (χ0v) is 9.82. The predicted octanol–water partition coefficient (Wildman–Crippen LogP) is 4.76. The third kappa shape index (κ3) is 5.15. The molecule has 0 heterocycles. The van der Waals surface area contributed by atoms with E-state index in [1.807, 2.05) is 0 Å². The van der Waals surface area contributed by atoms with Crippen LogP contribution in [-0.4, -0.2) is 0 Å². The average Bonchev–Trinajstić information content (AvgIpc) is 2.04. The van der Waals surface area contributed by atoms with Gasteiger partial charge in [0, 0.05) is 5.03 Å². The van der Waals surface area contributed by atoms with E-state index in [1.165, 1.54) is 5.57 Å². The fraction of sp³-hybridized carbons (Fsp3) is 0.667. The Labute approximate surface area is 87.7 Å². The molecule has 0 bridgehead atoms. The first kappa shape index (κ1) is 12.8. The standard InChI is InChI=1S/C12H21Cl/c1-6-12(11(5)13)8-7-10(4)9(2)3/h9,12H,4-8H2,1-3H3. The molecule has 76 valence electrons. The summed E-state index contributed by atoms with van der Waals surface area (Å²) in [6.07, 6.45) is 3.24. The van der Waals surface area contributed by atoms with Crippen molar-refractivity contribution in [3.63, 3.8) is 0 Å². The van der Waals surface area contributed by atoms with Crippen LogP contribution < -0.4 is 0 Å². The predicted molar refractivity (Wildman–Crippen MR) is 62.0 cm³/mol. The highest BCUT2D eigenvalue weighted by Gasteiger charge is 2.09. The molecule has 0 aromatic carbocycles. The van der Waals surface area contributed by atoms with E-state index >= 15 is 0 Å². The molecule has 1 heteroatoms. The second-order valence-corrected chi connectivity index (χ2v) is 4.39. The Hall–Kier alpha value is -0.230. The summed E-state index contributed by atoms with van der Waals surface area (Å²) in [5.41, 5.74) is 1.32. The zero-order chi connectivity index (χ0) is 10.4. The summed E-state index contributed by atoms with van der Waals surface area (Å²) in [5, 5.41) is 0.791. The molecular weight excluding hydrogens is 180 g/mol. The maximum Gasteiger partial charge on any atom is 0.0140 e. The molecule has 0 nitrogen and oxygen atoms in total. The monoisotopic (exact) mass is 200 g/mol. The van der Waals surface area contributed by atoms with Gasteiger partial charge < -0.3 is 0 Å². The van der Waals surface area contributed by atoms with E-state index in [0.29, 0.717) is 11.8 Å². The van der Waals surface area contributed by atoms with Crippen LogP contribution in [0.4, 0.5) is 0 Å². The minimum Gasteiger partial charge on any atom is -0.0996 e. The van der Waals surface area contributed by atoms with Gasteiger partial charge in [-0.15, -0.1) is 0 Å². The lowest BCUT2D eigenvalue weighted by atomic mass is 9.93. The lowest BCUT2D eigenvalue weighted by Crippen LogP contribution is -2.01. The van der Waals surface area contributed by atoms with Crippen LogP contribution in [0, 0.1) is 11.8 Å². The van der Waals surface area contributed by atoms with Crippen molar-refractivity contribution in [3.05, 3.63) is 23.8 Å². The maximum absolute atomic E-state index is 5.88. The van der Waals surface area contributed by atoms with Gasteiger partial charge in [0.1, 0.15) is 0 Å². The summed E-state index contributed by atoms with van der Waals surface area (Å²) in [5.74, 6) is 1.04. The number of hydrogen-bond donors (Lipinski definition) is 0. The molecule has 0 aliphatic rings. The van der Waals surface area contributed by atoms with Gasteiger partial charge in [-0.05, 0) is 31.1 Å². The molecule has 0 fully saturated rings. The van der Waals surface area contributed by atoms with E-state index in [1.54, 1.807) is 0 Å². The Morgan fingerprint density at radius 3 is 2.15 bits per heavy atom. The normalized spacial score (nSPS) is 13.0. The fourth-order valence-corrected chi connectivity index (χ4v) is 1.49. The quantitative estimate of drug-likeness (QED) is 0.543. The van der Waals surface area contributed by atoms with Crippen molar-refractivity contribution >= 4 is 11.6 Å². The third-order valence-corrected chi connectivity index (χ3v) is 2.87. The van der Waals surface area contributed by atoms with Gasteiger partial charge in [0.2, 0.25) is 0 Å². The molecule has 0 aliphatic carbocycles. The summed E-state index contributed by atoms with van der Waals surface area (Å²) in [7, 11) is 0. The Bertz CT molecular complexity index is 180. The molecule has 0 amide bonds. The molecule has 0 rings (SSSR count). The third-order valence-electron chi connectivity index (χ3n) is 2.57. The first-order valence-corrected chi connectivity index (χ1v) is 5.38. The van der Waals surface area contributed by atoms with E-state index in [9.17, 15) is 0 Å². The van der Waals surface area contributed by atoms with Crippen molar-refractivity contribution in [2.24, 2.45) is 11.8 Å². The summed E-state index contributed by atoms with van der Waals surface area (Å²) < 4.78 is 0. The first-order valence-electron chi connectivity index (χ1n) is 5.01. The number of hydrogen-bond acceptors (Lipinski definition) is 0. The van der Waals surface area contributed by atoms with Gasteiger partial charge >= 0.3 is 0 Å². The number of allylic oxidation sites excluding steroid dienone is 2. The van der Waals surface area contributed by atoms with Crippen LogP contribution in [0.15, 0.2) is 23.8 Å². The fourth-order valence-electron chi connectivity index (χ4n) is 1.23. The first-order chi connectivity index (χ1) is 5.99. The van der Waals surface area contributed by atoms with Gasteiger partial charge in [-0.25, -0.2) is 0 Å². The van der Waals surface area contributed by atoms with Crippen molar-refractivity contribution in [1.82, 2.24) is 0 Å². The molecule has 0 spiro atoms. The Kier molecular flexibility index (Phi) is 6.15. The summed E-state index contributed by atoms with van der Waals surface area (Å²) >= 11 is 5.88. The van der Waals surface area contributed by atoms with Gasteiger partial charge in [0.05, 0.1) is 0 Å². The zero-order valence-electron chi connectivity index (χ0n) is 9.07. The van der Waals surface area contributed by atoms with Gasteiger partial charge in [-0.2, -0.15) is 0 Å². The topological polar surface area (TPSA) is 0 Å². The molecule has 0 aliphatic heterocycles. The summed E-state index contributed by atoms with van der Waals surface area (Å²) in [6, 6.07) is 0. The maximum atomic E-state index is 5.88. The van der Waals surface area contributed by atoms with Crippen molar-refractivity contribution in [2.75, 3.05) is 0 Å². The molecular formula is C12H21Cl. The molecule has 1 atom stereocenters. The second-order valence-electron chi connectivity index (χ2n) is 3.90. The van der Waals surface area contributed by atoms with Crippen molar-refractivity contribution in [2.45, 2.75) is 40.0 Å². The van der Waals surface area contributed by atoms with E-state index in [2.05, 4.69) is 33.9 Å². The molecule has 0 saturated carbocycles. The van der Waals surface area contributed by atoms with Crippen LogP contribution in [0.1, 0.15) is 40.0 Å². The lowest BCUT2D eigenvalue weighted by molar-refractivity contribution is 0.544. The smallest absolute Gasteiger partial charge is 0.0140 e. The molecule has 0 aromatic rings. The molecule has 0 aromatic heterocycles. The molecule has 13 heavy (non-hydrogen) atoms. The van der Waals surface area contributed by atoms with Crippen LogP contribution in [0.25, 0.3) is 0 Å². The van der Waals surface area contributed by atoms with E-state index in [4.69, 9.17) is 11.6 Å². The van der Waals surface area contributed by atoms with Gasteiger partial charge in [-0.1, -0.05) is 51.1 Å². The van der Waals surface area contributed by atoms with Gasteiger partial charge in [0.15, 0.2) is 0 Å². The van der Waals surface area contributed by atoms with E-state index < -0.39 is 0 Å². The highest BCUT2D eigenvalue weighted by molar-refractivity contribution is 6.29. The molecule has 0 N–H and O–H groups in total. The van der Waals surface area contributed by atoms with Crippen molar-refractivity contribution in [3.8, 4) is 0 Å². The van der Waals surface area contributed by atoms with Gasteiger partial charge in [0.25, 0.3) is 0 Å². The Morgan fingerprint density at radius 1 is 1.31 bits per heavy atom. The minimum absolute atomic E-state index is 0.456. The lowest BCUT2D eigenvalue weighted by Gasteiger charge is -2.15. The summed E-state index contributed by atoms with van der Waals surface area (Å²) in [4.78, 5) is 0. The summed E-state index contributed by atoms with van der Waals surface area (Å²) in [6.45, 7) is 14.3. The second kappa shape index (κ2) is 6.26. The Balaban J connectivity index is 3.85.